The molecule has 3 aromatic rings. The van der Waals surface area contributed by atoms with Crippen molar-refractivity contribution in [3.63, 3.8) is 0 Å². The number of aryl methyl sites for hydroxylation is 2. The van der Waals surface area contributed by atoms with Crippen LogP contribution in [0.1, 0.15) is 58.9 Å². The van der Waals surface area contributed by atoms with E-state index in [2.05, 4.69) is 36.1 Å². The minimum atomic E-state index is -0.553. The van der Waals surface area contributed by atoms with Gasteiger partial charge >= 0.3 is 0 Å². The zero-order chi connectivity index (χ0) is 23.2. The number of nitrogens with one attached hydrogen (secondary N) is 1. The molecule has 1 fully saturated rings. The highest BCUT2D eigenvalue weighted by atomic mass is 19.1. The van der Waals surface area contributed by atoms with E-state index < -0.39 is 11.7 Å². The molecule has 0 radical (unpaired) electrons. The molecule has 3 aliphatic rings. The number of benzene rings is 1. The van der Waals surface area contributed by atoms with Crippen LogP contribution in [0.3, 0.4) is 0 Å². The molecule has 1 atom stereocenters. The van der Waals surface area contributed by atoms with Gasteiger partial charge in [0.05, 0.1) is 5.56 Å². The normalized spacial score (nSPS) is 19.1. The number of allylic oxidation sites excluding steroid dienone is 2. The summed E-state index contributed by atoms with van der Waals surface area (Å²) in [5, 5.41) is 11.3. The highest BCUT2D eigenvalue weighted by Gasteiger charge is 2.30. The van der Waals surface area contributed by atoms with Gasteiger partial charge in [-0.2, -0.15) is 0 Å². The van der Waals surface area contributed by atoms with Crippen LogP contribution in [0.25, 0.3) is 11.5 Å². The fourth-order valence-corrected chi connectivity index (χ4v) is 4.76. The maximum Gasteiger partial charge on any atom is 0.259 e. The highest BCUT2D eigenvalue weighted by molar-refractivity contribution is 6.04. The van der Waals surface area contributed by atoms with Crippen molar-refractivity contribution in [2.75, 3.05) is 5.32 Å². The lowest BCUT2D eigenvalue weighted by Crippen LogP contribution is -2.16. The van der Waals surface area contributed by atoms with Gasteiger partial charge in [-0.25, -0.2) is 9.37 Å². The van der Waals surface area contributed by atoms with Gasteiger partial charge in [-0.15, -0.1) is 10.2 Å². The lowest BCUT2D eigenvalue weighted by molar-refractivity contribution is 0.102. The van der Waals surface area contributed by atoms with Crippen molar-refractivity contribution < 1.29 is 9.18 Å². The molecule has 6 rings (SSSR count). The van der Waals surface area contributed by atoms with Crippen LogP contribution in [-0.2, 0) is 13.0 Å². The predicted octanol–water partition coefficient (Wildman–Crippen LogP) is 4.84. The molecule has 172 valence electrons. The maximum atomic E-state index is 14.8. The first kappa shape index (κ1) is 20.9. The minimum Gasteiger partial charge on any atom is -0.310 e. The van der Waals surface area contributed by atoms with E-state index in [-0.39, 0.29) is 11.5 Å². The Bertz CT molecular complexity index is 1350. The Morgan fingerprint density at radius 3 is 2.91 bits per heavy atom. The van der Waals surface area contributed by atoms with Crippen molar-refractivity contribution >= 4 is 17.9 Å². The second-order valence-electron chi connectivity index (χ2n) is 9.27. The van der Waals surface area contributed by atoms with Crippen molar-refractivity contribution in [3.05, 3.63) is 70.4 Å². The summed E-state index contributed by atoms with van der Waals surface area (Å²) in [6.07, 6.45) is 9.46. The number of nitrogens with zero attached hydrogens (tertiary/aromatic N) is 5. The third kappa shape index (κ3) is 3.83. The van der Waals surface area contributed by atoms with Crippen molar-refractivity contribution in [3.8, 4) is 11.5 Å². The minimum absolute atomic E-state index is 0.00525. The smallest absolute Gasteiger partial charge is 0.259 e. The summed E-state index contributed by atoms with van der Waals surface area (Å²) in [6, 6.07) is 8.40. The van der Waals surface area contributed by atoms with Gasteiger partial charge < -0.3 is 9.88 Å². The number of amides is 1. The SMILES string of the molecule is Cc1cc(F)c(C(=O)Nc2cccc(-c3nnc4n3CCCC4)n2)cc1C1C=NC(C2CC2)=C1. The first-order valence-electron chi connectivity index (χ1n) is 11.8. The van der Waals surface area contributed by atoms with E-state index >= 15 is 0 Å². The van der Waals surface area contributed by atoms with Crippen LogP contribution < -0.4 is 5.32 Å². The van der Waals surface area contributed by atoms with E-state index in [0.717, 1.165) is 48.5 Å². The van der Waals surface area contributed by atoms with Crippen molar-refractivity contribution in [2.24, 2.45) is 10.9 Å². The van der Waals surface area contributed by atoms with Crippen LogP contribution in [0.5, 0.6) is 0 Å². The first-order chi connectivity index (χ1) is 16.6. The zero-order valence-electron chi connectivity index (χ0n) is 19.0. The molecule has 0 bridgehead atoms. The van der Waals surface area contributed by atoms with E-state index in [1.54, 1.807) is 18.2 Å². The monoisotopic (exact) mass is 456 g/mol. The lowest BCUT2D eigenvalue weighted by Gasteiger charge is -2.15. The summed E-state index contributed by atoms with van der Waals surface area (Å²) < 4.78 is 16.9. The fourth-order valence-electron chi connectivity index (χ4n) is 4.76. The summed E-state index contributed by atoms with van der Waals surface area (Å²) in [5.41, 5.74) is 3.42. The van der Waals surface area contributed by atoms with Crippen LogP contribution in [0.15, 0.2) is 47.1 Å². The summed E-state index contributed by atoms with van der Waals surface area (Å²) in [6.45, 7) is 2.72. The molecule has 7 nitrogen and oxygen atoms in total. The van der Waals surface area contributed by atoms with Crippen molar-refractivity contribution in [2.45, 2.75) is 51.5 Å². The third-order valence-electron chi connectivity index (χ3n) is 6.77. The highest BCUT2D eigenvalue weighted by Crippen LogP contribution is 2.41. The molecule has 1 N–H and O–H groups in total. The van der Waals surface area contributed by atoms with E-state index in [1.807, 2.05) is 19.2 Å². The Hall–Kier alpha value is -3.68. The lowest BCUT2D eigenvalue weighted by atomic mass is 9.93. The number of fused-ring (bicyclic) bond motifs is 1. The van der Waals surface area contributed by atoms with E-state index in [0.29, 0.717) is 23.3 Å². The average molecular weight is 457 g/mol. The molecule has 1 saturated carbocycles. The number of pyridine rings is 1. The second kappa shape index (κ2) is 8.27. The molecule has 0 spiro atoms. The Morgan fingerprint density at radius 1 is 1.18 bits per heavy atom. The Morgan fingerprint density at radius 2 is 2.06 bits per heavy atom. The van der Waals surface area contributed by atoms with Gasteiger partial charge in [0.15, 0.2) is 5.82 Å². The van der Waals surface area contributed by atoms with Crippen LogP contribution in [0, 0.1) is 18.7 Å². The summed E-state index contributed by atoms with van der Waals surface area (Å²) in [4.78, 5) is 22.2. The fraction of sp³-hybridized carbons (Fsp3) is 0.346. The molecule has 1 aliphatic carbocycles. The molecule has 4 heterocycles. The molecule has 2 aliphatic heterocycles. The van der Waals surface area contributed by atoms with Gasteiger partial charge in [0.25, 0.3) is 5.91 Å². The molecule has 2 aromatic heterocycles. The van der Waals surface area contributed by atoms with Gasteiger partial charge in [-0.05, 0) is 74.1 Å². The van der Waals surface area contributed by atoms with E-state index in [4.69, 9.17) is 0 Å². The number of aliphatic imine (C=N–C) groups is 1. The number of halogens is 1. The number of carbonyl (C=O) groups is 1. The Labute approximate surface area is 196 Å². The first-order valence-corrected chi connectivity index (χ1v) is 11.8. The number of rotatable bonds is 5. The summed E-state index contributed by atoms with van der Waals surface area (Å²) in [5.74, 6) is 1.42. The standard InChI is InChI=1S/C26H25FN6O/c1-15-11-20(27)19(13-18(15)17-12-22(28-14-17)16-8-9-16)26(34)30-23-6-4-5-21(29-23)25-32-31-24-7-2-3-10-33(24)25/h4-6,11-14,16-17H,2-3,7-10H2,1H3,(H,29,30,34). The second-order valence-corrected chi connectivity index (χ2v) is 9.27. The predicted molar refractivity (Wildman–Crippen MR) is 127 cm³/mol. The van der Waals surface area contributed by atoms with Crippen LogP contribution in [0.4, 0.5) is 10.2 Å². The molecule has 0 saturated heterocycles. The average Bonchev–Trinajstić information content (AvgIpc) is 3.41. The molecule has 8 heteroatoms. The van der Waals surface area contributed by atoms with Gasteiger partial charge in [0.2, 0.25) is 0 Å². The van der Waals surface area contributed by atoms with Gasteiger partial charge in [0.1, 0.15) is 23.2 Å². The molecular weight excluding hydrogens is 431 g/mol. The Kier molecular flexibility index (Phi) is 5.08. The van der Waals surface area contributed by atoms with Crippen molar-refractivity contribution in [1.29, 1.82) is 0 Å². The summed E-state index contributed by atoms with van der Waals surface area (Å²) in [7, 11) is 0. The van der Waals surface area contributed by atoms with Crippen molar-refractivity contribution in [1.82, 2.24) is 19.7 Å². The number of hydrogen-bond acceptors (Lipinski definition) is 5. The third-order valence-corrected chi connectivity index (χ3v) is 6.77. The number of carbonyl (C=O) groups excluding carboxylic acids is 1. The Balaban J connectivity index is 1.26. The molecular formula is C26H25FN6O. The zero-order valence-corrected chi connectivity index (χ0v) is 19.0. The number of aromatic nitrogens is 4. The van der Waals surface area contributed by atoms with Gasteiger partial charge in [-0.1, -0.05) is 6.07 Å². The van der Waals surface area contributed by atoms with Gasteiger partial charge in [-0.3, -0.25) is 9.79 Å². The maximum absolute atomic E-state index is 14.8. The topological polar surface area (TPSA) is 85.1 Å². The van der Waals surface area contributed by atoms with Gasteiger partial charge in [0, 0.05) is 36.7 Å². The van der Waals surface area contributed by atoms with Crippen LogP contribution in [-0.4, -0.2) is 31.9 Å². The number of anilines is 1. The summed E-state index contributed by atoms with van der Waals surface area (Å²) >= 11 is 0. The molecule has 1 amide bonds. The molecule has 34 heavy (non-hydrogen) atoms. The largest absolute Gasteiger partial charge is 0.310 e. The quantitative estimate of drug-likeness (QED) is 0.595. The molecule has 1 aromatic carbocycles. The van der Waals surface area contributed by atoms with Crippen LogP contribution >= 0.6 is 0 Å². The van der Waals surface area contributed by atoms with E-state index in [9.17, 15) is 9.18 Å². The van der Waals surface area contributed by atoms with Crippen LogP contribution in [0.2, 0.25) is 0 Å². The van der Waals surface area contributed by atoms with E-state index in [1.165, 1.54) is 18.9 Å². The molecule has 1 unspecified atom stereocenters. The number of hydrogen-bond donors (Lipinski definition) is 1.